The summed E-state index contributed by atoms with van der Waals surface area (Å²) >= 11 is 0. The van der Waals surface area contributed by atoms with Crippen LogP contribution in [0.5, 0.6) is 5.75 Å². The molecule has 0 aliphatic rings. The minimum absolute atomic E-state index is 0.569. The van der Waals surface area contributed by atoms with Gasteiger partial charge in [0.05, 0.1) is 0 Å². The van der Waals surface area contributed by atoms with Crippen molar-refractivity contribution in [3.05, 3.63) is 65.2 Å². The van der Waals surface area contributed by atoms with Gasteiger partial charge in [-0.2, -0.15) is 0 Å². The fourth-order valence-corrected chi connectivity index (χ4v) is 2.24. The number of rotatable bonds is 7. The van der Waals surface area contributed by atoms with Gasteiger partial charge in [-0.05, 0) is 37.2 Å². The predicted molar refractivity (Wildman–Crippen MR) is 87.3 cm³/mol. The second-order valence-corrected chi connectivity index (χ2v) is 5.42. The van der Waals surface area contributed by atoms with Crippen molar-refractivity contribution in [2.24, 2.45) is 5.73 Å². The number of aryl methyl sites for hydroxylation is 1. The lowest BCUT2D eigenvalue weighted by atomic mass is 10.1. The van der Waals surface area contributed by atoms with E-state index in [1.54, 1.807) is 0 Å². The van der Waals surface area contributed by atoms with Crippen LogP contribution in [0, 0.1) is 6.92 Å². The quantitative estimate of drug-likeness (QED) is 0.849. The lowest BCUT2D eigenvalue weighted by Crippen LogP contribution is -2.23. The normalized spacial score (nSPS) is 10.9. The van der Waals surface area contributed by atoms with Crippen LogP contribution in [-0.4, -0.2) is 25.1 Å². The third-order valence-corrected chi connectivity index (χ3v) is 3.44. The molecule has 3 nitrogen and oxygen atoms in total. The summed E-state index contributed by atoms with van der Waals surface area (Å²) in [6, 6.07) is 16.6. The molecule has 0 saturated carbocycles. The first-order valence-corrected chi connectivity index (χ1v) is 7.33. The van der Waals surface area contributed by atoms with Crippen molar-refractivity contribution >= 4 is 0 Å². The molecule has 0 saturated heterocycles. The SMILES string of the molecule is Cc1cccc(CN(C)CCOc2ccc(CN)cc2)c1. The maximum atomic E-state index is 5.76. The minimum atomic E-state index is 0.569. The predicted octanol–water partition coefficient (Wildman–Crippen LogP) is 2.96. The van der Waals surface area contributed by atoms with Gasteiger partial charge >= 0.3 is 0 Å². The first kappa shape index (κ1) is 15.5. The molecule has 112 valence electrons. The van der Waals surface area contributed by atoms with Crippen molar-refractivity contribution in [3.8, 4) is 5.75 Å². The largest absolute Gasteiger partial charge is 0.492 e. The van der Waals surface area contributed by atoms with Gasteiger partial charge < -0.3 is 10.5 Å². The Labute approximate surface area is 127 Å². The summed E-state index contributed by atoms with van der Waals surface area (Å²) in [7, 11) is 2.11. The molecule has 0 bridgehead atoms. The van der Waals surface area contributed by atoms with Crippen molar-refractivity contribution in [1.29, 1.82) is 0 Å². The third-order valence-electron chi connectivity index (χ3n) is 3.44. The number of ether oxygens (including phenoxy) is 1. The fourth-order valence-electron chi connectivity index (χ4n) is 2.24. The lowest BCUT2D eigenvalue weighted by Gasteiger charge is -2.17. The van der Waals surface area contributed by atoms with Crippen LogP contribution < -0.4 is 10.5 Å². The van der Waals surface area contributed by atoms with E-state index in [1.807, 2.05) is 24.3 Å². The first-order valence-electron chi connectivity index (χ1n) is 7.33. The van der Waals surface area contributed by atoms with Crippen LogP contribution in [0.25, 0.3) is 0 Å². The Morgan fingerprint density at radius 1 is 1.05 bits per heavy atom. The number of likely N-dealkylation sites (N-methyl/N-ethyl adjacent to an activating group) is 1. The maximum Gasteiger partial charge on any atom is 0.119 e. The zero-order chi connectivity index (χ0) is 15.1. The molecule has 2 aromatic carbocycles. The van der Waals surface area contributed by atoms with E-state index in [9.17, 15) is 0 Å². The molecule has 2 rings (SSSR count). The average Bonchev–Trinajstić information content (AvgIpc) is 2.48. The molecule has 0 atom stereocenters. The Hall–Kier alpha value is -1.84. The van der Waals surface area contributed by atoms with Gasteiger partial charge in [0.15, 0.2) is 0 Å². The van der Waals surface area contributed by atoms with Crippen molar-refractivity contribution in [1.82, 2.24) is 4.90 Å². The Morgan fingerprint density at radius 2 is 1.81 bits per heavy atom. The Kier molecular flexibility index (Phi) is 5.78. The number of hydrogen-bond donors (Lipinski definition) is 1. The van der Waals surface area contributed by atoms with Crippen molar-refractivity contribution in [2.75, 3.05) is 20.2 Å². The van der Waals surface area contributed by atoms with Crippen molar-refractivity contribution in [2.45, 2.75) is 20.0 Å². The first-order chi connectivity index (χ1) is 10.2. The van der Waals surface area contributed by atoms with Crippen LogP contribution in [0.4, 0.5) is 0 Å². The van der Waals surface area contributed by atoms with Crippen LogP contribution in [-0.2, 0) is 13.1 Å². The van der Waals surface area contributed by atoms with Crippen molar-refractivity contribution in [3.63, 3.8) is 0 Å². The molecule has 0 aliphatic heterocycles. The van der Waals surface area contributed by atoms with E-state index in [2.05, 4.69) is 43.1 Å². The van der Waals surface area contributed by atoms with Gasteiger partial charge in [0.1, 0.15) is 12.4 Å². The summed E-state index contributed by atoms with van der Waals surface area (Å²) in [5, 5.41) is 0. The number of hydrogen-bond acceptors (Lipinski definition) is 3. The van der Waals surface area contributed by atoms with E-state index >= 15 is 0 Å². The molecule has 21 heavy (non-hydrogen) atoms. The highest BCUT2D eigenvalue weighted by Crippen LogP contribution is 2.12. The summed E-state index contributed by atoms with van der Waals surface area (Å²) in [6.45, 7) is 5.21. The molecule has 0 aliphatic carbocycles. The highest BCUT2D eigenvalue weighted by Gasteiger charge is 2.01. The van der Waals surface area contributed by atoms with Crippen molar-refractivity contribution < 1.29 is 4.74 Å². The zero-order valence-corrected chi connectivity index (χ0v) is 12.9. The number of nitrogens with zero attached hydrogens (tertiary/aromatic N) is 1. The van der Waals surface area contributed by atoms with E-state index in [1.165, 1.54) is 11.1 Å². The van der Waals surface area contributed by atoms with Crippen LogP contribution in [0.15, 0.2) is 48.5 Å². The van der Waals surface area contributed by atoms with Crippen LogP contribution in [0.2, 0.25) is 0 Å². The molecule has 2 N–H and O–H groups in total. The standard InChI is InChI=1S/C18H24N2O/c1-15-4-3-5-17(12-15)14-20(2)10-11-21-18-8-6-16(13-19)7-9-18/h3-9,12H,10-11,13-14,19H2,1-2H3. The Balaban J connectivity index is 1.74. The molecular formula is C18H24N2O. The van der Waals surface area contributed by atoms with Crippen LogP contribution in [0.1, 0.15) is 16.7 Å². The second kappa shape index (κ2) is 7.81. The second-order valence-electron chi connectivity index (χ2n) is 5.42. The molecule has 0 aromatic heterocycles. The minimum Gasteiger partial charge on any atom is -0.492 e. The number of benzene rings is 2. The highest BCUT2D eigenvalue weighted by molar-refractivity contribution is 5.27. The summed E-state index contributed by atoms with van der Waals surface area (Å²) in [6.07, 6.45) is 0. The van der Waals surface area contributed by atoms with Gasteiger partial charge in [-0.1, -0.05) is 42.0 Å². The third kappa shape index (κ3) is 5.21. The Morgan fingerprint density at radius 3 is 2.48 bits per heavy atom. The fraction of sp³-hybridized carbons (Fsp3) is 0.333. The molecule has 2 aromatic rings. The summed E-state index contributed by atoms with van der Waals surface area (Å²) in [5.41, 5.74) is 9.34. The molecule has 0 unspecified atom stereocenters. The molecule has 0 radical (unpaired) electrons. The van der Waals surface area contributed by atoms with Crippen LogP contribution >= 0.6 is 0 Å². The molecule has 0 spiro atoms. The Bertz CT molecular complexity index is 551. The molecule has 0 heterocycles. The van der Waals surface area contributed by atoms with Gasteiger partial charge in [-0.15, -0.1) is 0 Å². The maximum absolute atomic E-state index is 5.76. The van der Waals surface area contributed by atoms with Gasteiger partial charge in [0, 0.05) is 19.6 Å². The molecule has 3 heteroatoms. The van der Waals surface area contributed by atoms with E-state index in [0.717, 1.165) is 24.4 Å². The van der Waals surface area contributed by atoms with E-state index < -0.39 is 0 Å². The number of nitrogens with two attached hydrogens (primary N) is 1. The lowest BCUT2D eigenvalue weighted by molar-refractivity contribution is 0.233. The highest BCUT2D eigenvalue weighted by atomic mass is 16.5. The molecule has 0 amide bonds. The van der Waals surface area contributed by atoms with Gasteiger partial charge in [0.2, 0.25) is 0 Å². The van der Waals surface area contributed by atoms with E-state index in [0.29, 0.717) is 13.2 Å². The topological polar surface area (TPSA) is 38.5 Å². The average molecular weight is 284 g/mol. The van der Waals surface area contributed by atoms with E-state index in [4.69, 9.17) is 10.5 Å². The summed E-state index contributed by atoms with van der Waals surface area (Å²) in [4.78, 5) is 2.27. The van der Waals surface area contributed by atoms with Gasteiger partial charge in [0.25, 0.3) is 0 Å². The van der Waals surface area contributed by atoms with Gasteiger partial charge in [-0.25, -0.2) is 0 Å². The molecule has 0 fully saturated rings. The monoisotopic (exact) mass is 284 g/mol. The molecular weight excluding hydrogens is 260 g/mol. The zero-order valence-electron chi connectivity index (χ0n) is 12.9. The van der Waals surface area contributed by atoms with E-state index in [-0.39, 0.29) is 0 Å². The van der Waals surface area contributed by atoms with Crippen LogP contribution in [0.3, 0.4) is 0 Å². The summed E-state index contributed by atoms with van der Waals surface area (Å²) in [5.74, 6) is 0.899. The summed E-state index contributed by atoms with van der Waals surface area (Å²) < 4.78 is 5.76. The smallest absolute Gasteiger partial charge is 0.119 e. The van der Waals surface area contributed by atoms with Gasteiger partial charge in [-0.3, -0.25) is 4.90 Å².